The molecule has 3 rings (SSSR count). The molecular formula is C18H17N3OS. The van der Waals surface area contributed by atoms with Gasteiger partial charge < -0.3 is 5.32 Å². The number of amides is 1. The molecule has 0 spiro atoms. The SMILES string of the molecule is CCc1ccc(NC(=O)c2sc(-c3ccccn3)nc2C)cc1. The first-order chi connectivity index (χ1) is 11.2. The normalized spacial score (nSPS) is 10.5. The van der Waals surface area contributed by atoms with E-state index in [1.54, 1.807) is 6.20 Å². The summed E-state index contributed by atoms with van der Waals surface area (Å²) in [5.41, 5.74) is 3.54. The van der Waals surface area contributed by atoms with Gasteiger partial charge in [-0.2, -0.15) is 0 Å². The number of hydrogen-bond acceptors (Lipinski definition) is 4. The zero-order valence-electron chi connectivity index (χ0n) is 13.0. The molecule has 4 nitrogen and oxygen atoms in total. The minimum absolute atomic E-state index is 0.133. The van der Waals surface area contributed by atoms with E-state index in [-0.39, 0.29) is 5.91 Å². The molecule has 1 amide bonds. The number of carbonyl (C=O) groups is 1. The number of pyridine rings is 1. The standard InChI is InChI=1S/C18H17N3OS/c1-3-13-7-9-14(10-8-13)21-17(22)16-12(2)20-18(23-16)15-6-4-5-11-19-15/h4-11H,3H2,1-2H3,(H,21,22). The second-order valence-corrected chi connectivity index (χ2v) is 6.15. The lowest BCUT2D eigenvalue weighted by atomic mass is 10.1. The summed E-state index contributed by atoms with van der Waals surface area (Å²) in [6, 6.07) is 13.6. The maximum atomic E-state index is 12.5. The Kier molecular flexibility index (Phi) is 4.48. The summed E-state index contributed by atoms with van der Waals surface area (Å²) in [5.74, 6) is -0.133. The van der Waals surface area contributed by atoms with Gasteiger partial charge in [-0.15, -0.1) is 11.3 Å². The predicted octanol–water partition coefficient (Wildman–Crippen LogP) is 4.33. The minimum atomic E-state index is -0.133. The van der Waals surface area contributed by atoms with E-state index < -0.39 is 0 Å². The summed E-state index contributed by atoms with van der Waals surface area (Å²) in [6.07, 6.45) is 2.71. The van der Waals surface area contributed by atoms with Crippen LogP contribution < -0.4 is 5.32 Å². The first kappa shape index (κ1) is 15.4. The maximum Gasteiger partial charge on any atom is 0.267 e. The number of nitrogens with zero attached hydrogens (tertiary/aromatic N) is 2. The van der Waals surface area contributed by atoms with Crippen LogP contribution in [0.3, 0.4) is 0 Å². The van der Waals surface area contributed by atoms with Crippen LogP contribution >= 0.6 is 11.3 Å². The lowest BCUT2D eigenvalue weighted by Crippen LogP contribution is -2.11. The van der Waals surface area contributed by atoms with E-state index in [0.717, 1.165) is 28.5 Å². The van der Waals surface area contributed by atoms with Gasteiger partial charge in [-0.05, 0) is 43.2 Å². The number of thiazole rings is 1. The molecule has 2 heterocycles. The Hall–Kier alpha value is -2.53. The Morgan fingerprint density at radius 3 is 2.61 bits per heavy atom. The van der Waals surface area contributed by atoms with Gasteiger partial charge in [-0.25, -0.2) is 4.98 Å². The van der Waals surface area contributed by atoms with Gasteiger partial charge in [0.25, 0.3) is 5.91 Å². The molecule has 116 valence electrons. The van der Waals surface area contributed by atoms with Gasteiger partial charge in [0.15, 0.2) is 0 Å². The molecule has 0 radical (unpaired) electrons. The smallest absolute Gasteiger partial charge is 0.267 e. The molecule has 0 aliphatic rings. The molecule has 0 aliphatic carbocycles. The van der Waals surface area contributed by atoms with Crippen molar-refractivity contribution in [3.05, 3.63) is 64.8 Å². The van der Waals surface area contributed by atoms with Crippen LogP contribution in [-0.4, -0.2) is 15.9 Å². The quantitative estimate of drug-likeness (QED) is 0.777. The Morgan fingerprint density at radius 1 is 1.17 bits per heavy atom. The fraction of sp³-hybridized carbons (Fsp3) is 0.167. The summed E-state index contributed by atoms with van der Waals surface area (Å²) in [4.78, 5) is 21.8. The molecule has 0 bridgehead atoms. The van der Waals surface area contributed by atoms with Crippen molar-refractivity contribution in [1.82, 2.24) is 9.97 Å². The Balaban J connectivity index is 1.81. The van der Waals surface area contributed by atoms with E-state index in [9.17, 15) is 4.79 Å². The molecule has 0 aliphatic heterocycles. The van der Waals surface area contributed by atoms with Crippen LogP contribution in [0.4, 0.5) is 5.69 Å². The summed E-state index contributed by atoms with van der Waals surface area (Å²) in [5, 5.41) is 3.69. The van der Waals surface area contributed by atoms with E-state index in [0.29, 0.717) is 4.88 Å². The van der Waals surface area contributed by atoms with Gasteiger partial charge in [0.2, 0.25) is 0 Å². The van der Waals surface area contributed by atoms with Gasteiger partial charge in [0.05, 0.1) is 11.4 Å². The van der Waals surface area contributed by atoms with Crippen LogP contribution in [0.25, 0.3) is 10.7 Å². The van der Waals surface area contributed by atoms with Crippen LogP contribution in [-0.2, 0) is 6.42 Å². The van der Waals surface area contributed by atoms with Crippen molar-refractivity contribution in [3.63, 3.8) is 0 Å². The second kappa shape index (κ2) is 6.71. The topological polar surface area (TPSA) is 54.9 Å². The summed E-state index contributed by atoms with van der Waals surface area (Å²) in [7, 11) is 0. The number of hydrogen-bond donors (Lipinski definition) is 1. The van der Waals surface area contributed by atoms with Gasteiger partial charge in [-0.1, -0.05) is 25.1 Å². The van der Waals surface area contributed by atoms with Crippen molar-refractivity contribution in [2.24, 2.45) is 0 Å². The number of aromatic nitrogens is 2. The molecule has 0 saturated heterocycles. The van der Waals surface area contributed by atoms with Crippen molar-refractivity contribution >= 4 is 22.9 Å². The molecule has 0 saturated carbocycles. The van der Waals surface area contributed by atoms with Crippen LogP contribution in [0.1, 0.15) is 27.9 Å². The minimum Gasteiger partial charge on any atom is -0.321 e. The van der Waals surface area contributed by atoms with Crippen molar-refractivity contribution in [1.29, 1.82) is 0 Å². The van der Waals surface area contributed by atoms with Gasteiger partial charge in [0, 0.05) is 11.9 Å². The Morgan fingerprint density at radius 2 is 1.96 bits per heavy atom. The molecule has 5 heteroatoms. The highest BCUT2D eigenvalue weighted by Crippen LogP contribution is 2.27. The van der Waals surface area contributed by atoms with E-state index in [2.05, 4.69) is 22.2 Å². The first-order valence-electron chi connectivity index (χ1n) is 7.46. The summed E-state index contributed by atoms with van der Waals surface area (Å²) < 4.78 is 0. The largest absolute Gasteiger partial charge is 0.321 e. The van der Waals surface area contributed by atoms with E-state index in [1.165, 1.54) is 16.9 Å². The number of nitrogens with one attached hydrogen (secondary N) is 1. The Bertz CT molecular complexity index is 810. The Labute approximate surface area is 139 Å². The van der Waals surface area contributed by atoms with Crippen molar-refractivity contribution < 1.29 is 4.79 Å². The lowest BCUT2D eigenvalue weighted by Gasteiger charge is -2.04. The lowest BCUT2D eigenvalue weighted by molar-refractivity contribution is 0.103. The highest BCUT2D eigenvalue weighted by atomic mass is 32.1. The van der Waals surface area contributed by atoms with Gasteiger partial charge in [0.1, 0.15) is 9.88 Å². The molecule has 0 fully saturated rings. The van der Waals surface area contributed by atoms with Crippen molar-refractivity contribution in [3.8, 4) is 10.7 Å². The molecule has 3 aromatic rings. The fourth-order valence-corrected chi connectivity index (χ4v) is 3.16. The van der Waals surface area contributed by atoms with Crippen molar-refractivity contribution in [2.45, 2.75) is 20.3 Å². The van der Waals surface area contributed by atoms with Crippen LogP contribution in [0.5, 0.6) is 0 Å². The van der Waals surface area contributed by atoms with E-state index >= 15 is 0 Å². The average molecular weight is 323 g/mol. The number of anilines is 1. The molecule has 0 atom stereocenters. The number of benzene rings is 1. The number of rotatable bonds is 4. The molecule has 23 heavy (non-hydrogen) atoms. The third kappa shape index (κ3) is 3.46. The number of aryl methyl sites for hydroxylation is 2. The third-order valence-electron chi connectivity index (χ3n) is 3.51. The van der Waals surface area contributed by atoms with E-state index in [4.69, 9.17) is 0 Å². The highest BCUT2D eigenvalue weighted by molar-refractivity contribution is 7.17. The van der Waals surface area contributed by atoms with Crippen LogP contribution in [0.15, 0.2) is 48.7 Å². The van der Waals surface area contributed by atoms with Gasteiger partial charge >= 0.3 is 0 Å². The van der Waals surface area contributed by atoms with Gasteiger partial charge in [-0.3, -0.25) is 9.78 Å². The molecule has 0 unspecified atom stereocenters. The monoisotopic (exact) mass is 323 g/mol. The zero-order chi connectivity index (χ0) is 16.2. The van der Waals surface area contributed by atoms with Crippen molar-refractivity contribution in [2.75, 3.05) is 5.32 Å². The first-order valence-corrected chi connectivity index (χ1v) is 8.28. The summed E-state index contributed by atoms with van der Waals surface area (Å²) >= 11 is 1.36. The fourth-order valence-electron chi connectivity index (χ4n) is 2.22. The predicted molar refractivity (Wildman–Crippen MR) is 93.9 cm³/mol. The molecular weight excluding hydrogens is 306 g/mol. The zero-order valence-corrected chi connectivity index (χ0v) is 13.9. The molecule has 1 N–H and O–H groups in total. The molecule has 2 aromatic heterocycles. The number of carbonyl (C=O) groups excluding carboxylic acids is 1. The van der Waals surface area contributed by atoms with Crippen LogP contribution in [0, 0.1) is 6.92 Å². The molecule has 1 aromatic carbocycles. The maximum absolute atomic E-state index is 12.5. The average Bonchev–Trinajstić information content (AvgIpc) is 2.98. The highest BCUT2D eigenvalue weighted by Gasteiger charge is 2.16. The van der Waals surface area contributed by atoms with E-state index in [1.807, 2.05) is 49.4 Å². The second-order valence-electron chi connectivity index (χ2n) is 5.15. The third-order valence-corrected chi connectivity index (χ3v) is 4.69. The summed E-state index contributed by atoms with van der Waals surface area (Å²) in [6.45, 7) is 3.95. The van der Waals surface area contributed by atoms with Crippen LogP contribution in [0.2, 0.25) is 0 Å².